The zero-order chi connectivity index (χ0) is 23.3. The van der Waals surface area contributed by atoms with Crippen molar-refractivity contribution in [1.82, 2.24) is 9.97 Å². The molecule has 2 aliphatic rings. The summed E-state index contributed by atoms with van der Waals surface area (Å²) < 4.78 is 40.4. The Labute approximate surface area is 193 Å². The first kappa shape index (κ1) is 20.4. The highest BCUT2D eigenvalue weighted by Gasteiger charge is 2.45. The number of ether oxygens (including phenoxy) is 2. The number of fused-ring (bicyclic) bond motifs is 4. The maximum absolute atomic E-state index is 14.6. The normalized spacial score (nSPS) is 18.6. The molecule has 0 unspecified atom stereocenters. The van der Waals surface area contributed by atoms with Crippen molar-refractivity contribution >= 4 is 5.84 Å². The minimum atomic E-state index is -1.05. The van der Waals surface area contributed by atoms with Crippen LogP contribution in [-0.4, -0.2) is 29.0 Å². The molecule has 6 rings (SSSR count). The van der Waals surface area contributed by atoms with Crippen molar-refractivity contribution in [1.29, 1.82) is 0 Å². The second kappa shape index (κ2) is 7.71. The standard InChI is InChI=1S/C26H18F2N4O2/c27-18-2-3-22(28)19(11-18)16-1-4-23-20(9-16)26(14-33-13-24(29)32-26)21-10-17(12-31-25(21)34-23)15-5-7-30-8-6-15/h1-12H,13-14H2,(H2,29,32)/t26-/m0/s1. The van der Waals surface area contributed by atoms with Gasteiger partial charge in [-0.25, -0.2) is 13.8 Å². The number of amidine groups is 1. The summed E-state index contributed by atoms with van der Waals surface area (Å²) in [5.74, 6) is 0.148. The van der Waals surface area contributed by atoms with E-state index in [1.54, 1.807) is 36.8 Å². The van der Waals surface area contributed by atoms with E-state index in [1.807, 2.05) is 18.2 Å². The summed E-state index contributed by atoms with van der Waals surface area (Å²) >= 11 is 0. The lowest BCUT2D eigenvalue weighted by Gasteiger charge is -2.39. The Morgan fingerprint density at radius 1 is 0.882 bits per heavy atom. The van der Waals surface area contributed by atoms with Crippen LogP contribution in [0.25, 0.3) is 22.3 Å². The van der Waals surface area contributed by atoms with Crippen molar-refractivity contribution < 1.29 is 18.3 Å². The molecule has 2 aliphatic heterocycles. The fourth-order valence-electron chi connectivity index (χ4n) is 4.50. The number of nitrogens with zero attached hydrogens (tertiary/aromatic N) is 3. The van der Waals surface area contributed by atoms with E-state index < -0.39 is 17.2 Å². The van der Waals surface area contributed by atoms with E-state index >= 15 is 0 Å². The number of hydrogen-bond donors (Lipinski definition) is 1. The zero-order valence-electron chi connectivity index (χ0n) is 17.8. The number of hydrogen-bond acceptors (Lipinski definition) is 6. The Balaban J connectivity index is 1.58. The zero-order valence-corrected chi connectivity index (χ0v) is 17.8. The van der Waals surface area contributed by atoms with Gasteiger partial charge in [-0.15, -0.1) is 0 Å². The van der Waals surface area contributed by atoms with Crippen LogP contribution in [0.2, 0.25) is 0 Å². The Morgan fingerprint density at radius 3 is 2.53 bits per heavy atom. The van der Waals surface area contributed by atoms with Crippen molar-refractivity contribution in [3.05, 3.63) is 95.9 Å². The second-order valence-electron chi connectivity index (χ2n) is 8.21. The van der Waals surface area contributed by atoms with Gasteiger partial charge < -0.3 is 15.2 Å². The van der Waals surface area contributed by atoms with Crippen LogP contribution in [-0.2, 0) is 10.3 Å². The predicted octanol–water partition coefficient (Wildman–Crippen LogP) is 4.83. The maximum atomic E-state index is 14.6. The third-order valence-corrected chi connectivity index (χ3v) is 6.08. The highest BCUT2D eigenvalue weighted by Crippen LogP contribution is 2.51. The number of aromatic nitrogens is 2. The van der Waals surface area contributed by atoms with E-state index in [0.717, 1.165) is 23.3 Å². The highest BCUT2D eigenvalue weighted by molar-refractivity contribution is 5.84. The molecular formula is C26H18F2N4O2. The number of rotatable bonds is 2. The average Bonchev–Trinajstić information content (AvgIpc) is 2.86. The van der Waals surface area contributed by atoms with E-state index in [9.17, 15) is 8.78 Å². The number of halogens is 2. The summed E-state index contributed by atoms with van der Waals surface area (Å²) in [5.41, 5.74) is 8.80. The molecule has 6 nitrogen and oxygen atoms in total. The third-order valence-electron chi connectivity index (χ3n) is 6.08. The molecule has 168 valence electrons. The maximum Gasteiger partial charge on any atom is 0.225 e. The van der Waals surface area contributed by atoms with Gasteiger partial charge in [0.25, 0.3) is 0 Å². The molecule has 0 aliphatic carbocycles. The van der Waals surface area contributed by atoms with Crippen LogP contribution in [0.1, 0.15) is 11.1 Å². The molecule has 0 amide bonds. The summed E-state index contributed by atoms with van der Waals surface area (Å²) in [6.07, 6.45) is 5.13. The van der Waals surface area contributed by atoms with Crippen LogP contribution in [0.5, 0.6) is 11.6 Å². The lowest BCUT2D eigenvalue weighted by atomic mass is 9.80. The number of benzene rings is 2. The molecule has 2 N–H and O–H groups in total. The van der Waals surface area contributed by atoms with Crippen molar-refractivity contribution in [2.45, 2.75) is 5.54 Å². The molecule has 2 aromatic heterocycles. The molecule has 4 heterocycles. The van der Waals surface area contributed by atoms with Crippen LogP contribution in [0.15, 0.2) is 78.2 Å². The van der Waals surface area contributed by atoms with Gasteiger partial charge in [0.15, 0.2) is 0 Å². The molecular weight excluding hydrogens is 438 g/mol. The fraction of sp³-hybridized carbons (Fsp3) is 0.115. The monoisotopic (exact) mass is 456 g/mol. The van der Waals surface area contributed by atoms with Crippen molar-refractivity contribution in [2.24, 2.45) is 10.7 Å². The highest BCUT2D eigenvalue weighted by atomic mass is 19.1. The van der Waals surface area contributed by atoms with Crippen LogP contribution in [0, 0.1) is 11.6 Å². The minimum Gasteiger partial charge on any atom is -0.438 e. The van der Waals surface area contributed by atoms with E-state index in [4.69, 9.17) is 20.2 Å². The molecule has 4 aromatic rings. The smallest absolute Gasteiger partial charge is 0.225 e. The molecule has 0 saturated heterocycles. The Morgan fingerprint density at radius 2 is 1.71 bits per heavy atom. The van der Waals surface area contributed by atoms with E-state index in [-0.39, 0.29) is 18.8 Å². The summed E-state index contributed by atoms with van der Waals surface area (Å²) in [5, 5.41) is 0. The first-order valence-electron chi connectivity index (χ1n) is 10.6. The Bertz CT molecular complexity index is 1460. The average molecular weight is 456 g/mol. The first-order valence-corrected chi connectivity index (χ1v) is 10.6. The van der Waals surface area contributed by atoms with Gasteiger partial charge in [-0.1, -0.05) is 6.07 Å². The molecule has 1 spiro atoms. The summed E-state index contributed by atoms with van der Waals surface area (Å²) in [6.45, 7) is 0.386. The molecule has 2 aromatic carbocycles. The summed E-state index contributed by atoms with van der Waals surface area (Å²) in [6, 6.07) is 14.2. The van der Waals surface area contributed by atoms with Crippen molar-refractivity contribution in [3.63, 3.8) is 0 Å². The van der Waals surface area contributed by atoms with Gasteiger partial charge >= 0.3 is 0 Å². The predicted molar refractivity (Wildman–Crippen MR) is 123 cm³/mol. The van der Waals surface area contributed by atoms with Gasteiger partial charge in [-0.3, -0.25) is 9.98 Å². The molecule has 34 heavy (non-hydrogen) atoms. The van der Waals surface area contributed by atoms with Gasteiger partial charge in [0.05, 0.1) is 6.61 Å². The number of pyridine rings is 2. The quantitative estimate of drug-likeness (QED) is 0.467. The van der Waals surface area contributed by atoms with E-state index in [2.05, 4.69) is 9.97 Å². The molecule has 0 bridgehead atoms. The lowest BCUT2D eigenvalue weighted by Crippen LogP contribution is -2.42. The topological polar surface area (TPSA) is 82.6 Å². The van der Waals surface area contributed by atoms with Crippen LogP contribution < -0.4 is 10.5 Å². The Hall–Kier alpha value is -4.17. The minimum absolute atomic E-state index is 0.140. The van der Waals surface area contributed by atoms with Gasteiger partial charge in [0.2, 0.25) is 5.88 Å². The molecule has 0 radical (unpaired) electrons. The van der Waals surface area contributed by atoms with Crippen LogP contribution in [0.3, 0.4) is 0 Å². The van der Waals surface area contributed by atoms with Gasteiger partial charge in [0.1, 0.15) is 35.4 Å². The lowest BCUT2D eigenvalue weighted by molar-refractivity contribution is 0.109. The van der Waals surface area contributed by atoms with Gasteiger partial charge in [0, 0.05) is 40.8 Å². The molecule has 1 atom stereocenters. The number of aliphatic imine (C=N–C) groups is 1. The largest absolute Gasteiger partial charge is 0.438 e. The molecule has 0 fully saturated rings. The fourth-order valence-corrected chi connectivity index (χ4v) is 4.50. The molecule has 8 heteroatoms. The number of nitrogens with two attached hydrogens (primary N) is 1. The van der Waals surface area contributed by atoms with E-state index in [0.29, 0.717) is 34.2 Å². The second-order valence-corrected chi connectivity index (χ2v) is 8.21. The van der Waals surface area contributed by atoms with Crippen molar-refractivity contribution in [2.75, 3.05) is 13.2 Å². The van der Waals surface area contributed by atoms with Crippen LogP contribution in [0.4, 0.5) is 8.78 Å². The van der Waals surface area contributed by atoms with Crippen LogP contribution >= 0.6 is 0 Å². The third kappa shape index (κ3) is 3.22. The summed E-state index contributed by atoms with van der Waals surface area (Å²) in [4.78, 5) is 13.5. The SMILES string of the molecule is NC1=N[C@@]2(COC1)c1cc(-c3cc(F)ccc3F)ccc1Oc1ncc(-c3ccncc3)cc12. The van der Waals surface area contributed by atoms with E-state index in [1.165, 1.54) is 6.07 Å². The summed E-state index contributed by atoms with van der Waals surface area (Å²) in [7, 11) is 0. The molecule has 0 saturated carbocycles. The first-order chi connectivity index (χ1) is 16.5. The van der Waals surface area contributed by atoms with Gasteiger partial charge in [-0.2, -0.15) is 0 Å². The van der Waals surface area contributed by atoms with Crippen molar-refractivity contribution in [3.8, 4) is 33.9 Å². The van der Waals surface area contributed by atoms with Gasteiger partial charge in [-0.05, 0) is 59.7 Å². The Kier molecular flexibility index (Phi) is 4.63.